The van der Waals surface area contributed by atoms with E-state index in [9.17, 15) is 15.2 Å². The molecule has 2 aromatic rings. The van der Waals surface area contributed by atoms with Crippen molar-refractivity contribution in [2.75, 3.05) is 13.2 Å². The molecule has 2 aromatic carbocycles. The summed E-state index contributed by atoms with van der Waals surface area (Å²) in [5, 5.41) is 36.2. The van der Waals surface area contributed by atoms with Crippen molar-refractivity contribution in [2.45, 2.75) is 50.0 Å². The SMILES string of the molecule is CC(C)[C@@H]1N[C@H](OC(=O)NCC[C@H](O)CO)[C@H](c2cccc(Cl)c2)[C@@]1(C#N)c1ccc(Cl)cc1. The number of benzene rings is 2. The Kier molecular flexibility index (Phi) is 8.80. The highest BCUT2D eigenvalue weighted by molar-refractivity contribution is 6.30. The number of amides is 1. The highest BCUT2D eigenvalue weighted by Crippen LogP contribution is 2.51. The fraction of sp³-hybridized carbons (Fsp3) is 0.440. The molecule has 0 unspecified atom stereocenters. The van der Waals surface area contributed by atoms with E-state index < -0.39 is 29.8 Å². The second kappa shape index (κ2) is 11.4. The van der Waals surface area contributed by atoms with Gasteiger partial charge in [-0.2, -0.15) is 5.26 Å². The van der Waals surface area contributed by atoms with E-state index in [-0.39, 0.29) is 31.5 Å². The Labute approximate surface area is 209 Å². The van der Waals surface area contributed by atoms with Crippen LogP contribution in [0.1, 0.15) is 37.3 Å². The van der Waals surface area contributed by atoms with Gasteiger partial charge in [0.25, 0.3) is 0 Å². The number of nitrogens with one attached hydrogen (secondary N) is 2. The molecule has 3 rings (SSSR count). The van der Waals surface area contributed by atoms with E-state index in [4.69, 9.17) is 33.0 Å². The zero-order chi connectivity index (χ0) is 24.9. The predicted molar refractivity (Wildman–Crippen MR) is 131 cm³/mol. The second-order valence-corrected chi connectivity index (χ2v) is 9.66. The van der Waals surface area contributed by atoms with Gasteiger partial charge in [0, 0.05) is 22.6 Å². The monoisotopic (exact) mass is 505 g/mol. The van der Waals surface area contributed by atoms with Crippen LogP contribution in [0.2, 0.25) is 10.0 Å². The van der Waals surface area contributed by atoms with Gasteiger partial charge in [-0.25, -0.2) is 4.79 Å². The standard InChI is InChI=1S/C25H29Cl2N3O4/c1-15(2)22-25(14-28,17-6-8-18(26)9-7-17)21(16-4-3-5-19(27)12-16)23(30-22)34-24(33)29-11-10-20(32)13-31/h3-9,12,15,20-23,30-32H,10-11,13H2,1-2H3,(H,29,33)/t20-,21-,22-,23+,25+/m0/s1. The van der Waals surface area contributed by atoms with Crippen LogP contribution >= 0.6 is 23.2 Å². The minimum absolute atomic E-state index is 0.0216. The van der Waals surface area contributed by atoms with E-state index in [0.717, 1.165) is 11.1 Å². The van der Waals surface area contributed by atoms with E-state index in [2.05, 4.69) is 16.7 Å². The Morgan fingerprint density at radius 1 is 1.24 bits per heavy atom. The van der Waals surface area contributed by atoms with Crippen LogP contribution in [-0.2, 0) is 10.2 Å². The van der Waals surface area contributed by atoms with Gasteiger partial charge in [-0.05, 0) is 47.7 Å². The molecule has 0 saturated carbocycles. The molecule has 1 fully saturated rings. The molecular weight excluding hydrogens is 477 g/mol. The van der Waals surface area contributed by atoms with Crippen LogP contribution in [0, 0.1) is 17.2 Å². The largest absolute Gasteiger partial charge is 0.430 e. The summed E-state index contributed by atoms with van der Waals surface area (Å²) in [4.78, 5) is 12.6. The summed E-state index contributed by atoms with van der Waals surface area (Å²) in [6.07, 6.45) is -2.26. The van der Waals surface area contributed by atoms with E-state index in [1.165, 1.54) is 0 Å². The molecule has 9 heteroatoms. The first kappa shape index (κ1) is 26.3. The lowest BCUT2D eigenvalue weighted by molar-refractivity contribution is 0.0689. The normalized spacial score (nSPS) is 25.1. The summed E-state index contributed by atoms with van der Waals surface area (Å²) in [6.45, 7) is 3.75. The molecule has 1 aliphatic heterocycles. The molecule has 0 spiro atoms. The van der Waals surface area contributed by atoms with Crippen LogP contribution in [0.4, 0.5) is 4.79 Å². The van der Waals surface area contributed by atoms with Gasteiger partial charge in [0.15, 0.2) is 6.23 Å². The third-order valence-electron chi connectivity index (χ3n) is 6.20. The highest BCUT2D eigenvalue weighted by Gasteiger charge is 2.59. The number of alkyl carbamates (subject to hydrolysis) is 1. The first-order valence-electron chi connectivity index (χ1n) is 11.1. The average molecular weight is 506 g/mol. The molecule has 182 valence electrons. The Morgan fingerprint density at radius 2 is 1.94 bits per heavy atom. The van der Waals surface area contributed by atoms with Crippen molar-refractivity contribution in [3.8, 4) is 6.07 Å². The van der Waals surface area contributed by atoms with Crippen LogP contribution in [0.3, 0.4) is 0 Å². The molecule has 4 N–H and O–H groups in total. The van der Waals surface area contributed by atoms with E-state index >= 15 is 0 Å². The fourth-order valence-electron chi connectivity index (χ4n) is 4.67. The van der Waals surface area contributed by atoms with Crippen molar-refractivity contribution in [2.24, 2.45) is 5.92 Å². The van der Waals surface area contributed by atoms with E-state index in [0.29, 0.717) is 10.0 Å². The Morgan fingerprint density at radius 3 is 2.53 bits per heavy atom. The van der Waals surface area contributed by atoms with Crippen molar-refractivity contribution >= 4 is 29.3 Å². The third kappa shape index (κ3) is 5.48. The summed E-state index contributed by atoms with van der Waals surface area (Å²) in [6, 6.07) is 16.6. The number of carbonyl (C=O) groups is 1. The van der Waals surface area contributed by atoms with Crippen LogP contribution in [0.15, 0.2) is 48.5 Å². The number of aliphatic hydroxyl groups excluding tert-OH is 2. The molecule has 34 heavy (non-hydrogen) atoms. The summed E-state index contributed by atoms with van der Waals surface area (Å²) >= 11 is 12.4. The van der Waals surface area contributed by atoms with Gasteiger partial charge in [0.05, 0.1) is 24.7 Å². The topological polar surface area (TPSA) is 115 Å². The quantitative estimate of drug-likeness (QED) is 0.431. The maximum absolute atomic E-state index is 12.6. The van der Waals surface area contributed by atoms with Crippen molar-refractivity contribution in [1.29, 1.82) is 5.26 Å². The lowest BCUT2D eigenvalue weighted by Gasteiger charge is -2.36. The Hall–Kier alpha value is -2.34. The number of aliphatic hydroxyl groups is 2. The zero-order valence-corrected chi connectivity index (χ0v) is 20.6. The van der Waals surface area contributed by atoms with Crippen molar-refractivity contribution in [3.63, 3.8) is 0 Å². The number of halogens is 2. The predicted octanol–water partition coefficient (Wildman–Crippen LogP) is 3.96. The van der Waals surface area contributed by atoms with Crippen LogP contribution in [-0.4, -0.2) is 47.8 Å². The lowest BCUT2D eigenvalue weighted by atomic mass is 9.64. The highest BCUT2D eigenvalue weighted by atomic mass is 35.5. The molecule has 1 amide bonds. The molecule has 7 nitrogen and oxygen atoms in total. The summed E-state index contributed by atoms with van der Waals surface area (Å²) in [5.41, 5.74) is 0.433. The van der Waals surface area contributed by atoms with Gasteiger partial charge in [-0.1, -0.05) is 61.3 Å². The number of hydrogen-bond donors (Lipinski definition) is 4. The Balaban J connectivity index is 2.03. The first-order valence-corrected chi connectivity index (χ1v) is 11.9. The van der Waals surface area contributed by atoms with Crippen LogP contribution < -0.4 is 10.6 Å². The van der Waals surface area contributed by atoms with Gasteiger partial charge in [0.2, 0.25) is 0 Å². The van der Waals surface area contributed by atoms with Crippen molar-refractivity contribution in [1.82, 2.24) is 10.6 Å². The summed E-state index contributed by atoms with van der Waals surface area (Å²) < 4.78 is 5.79. The van der Waals surface area contributed by atoms with Gasteiger partial charge < -0.3 is 20.3 Å². The molecule has 0 bridgehead atoms. The van der Waals surface area contributed by atoms with Gasteiger partial charge in [-0.15, -0.1) is 0 Å². The van der Waals surface area contributed by atoms with Gasteiger partial charge in [0.1, 0.15) is 5.41 Å². The molecule has 1 saturated heterocycles. The van der Waals surface area contributed by atoms with Crippen molar-refractivity contribution < 1.29 is 19.7 Å². The number of rotatable bonds is 8. The Bertz CT molecular complexity index is 1030. The van der Waals surface area contributed by atoms with Crippen LogP contribution in [0.25, 0.3) is 0 Å². The van der Waals surface area contributed by atoms with Crippen molar-refractivity contribution in [3.05, 3.63) is 69.7 Å². The molecule has 0 radical (unpaired) electrons. The summed E-state index contributed by atoms with van der Waals surface area (Å²) in [7, 11) is 0. The minimum Gasteiger partial charge on any atom is -0.430 e. The number of carbonyl (C=O) groups excluding carboxylic acids is 1. The molecule has 1 aliphatic rings. The van der Waals surface area contributed by atoms with Gasteiger partial charge in [-0.3, -0.25) is 5.32 Å². The maximum Gasteiger partial charge on any atom is 0.408 e. The van der Waals surface area contributed by atoms with Gasteiger partial charge >= 0.3 is 6.09 Å². The third-order valence-corrected chi connectivity index (χ3v) is 6.69. The smallest absolute Gasteiger partial charge is 0.408 e. The minimum atomic E-state index is -1.08. The number of hydrogen-bond acceptors (Lipinski definition) is 6. The number of nitrogens with zero attached hydrogens (tertiary/aromatic N) is 1. The zero-order valence-electron chi connectivity index (χ0n) is 19.0. The van der Waals surface area contributed by atoms with E-state index in [1.807, 2.05) is 32.0 Å². The van der Waals surface area contributed by atoms with E-state index in [1.54, 1.807) is 30.3 Å². The molecule has 0 aliphatic carbocycles. The average Bonchev–Trinajstić information content (AvgIpc) is 3.14. The molecular formula is C25H29Cl2N3O4. The fourth-order valence-corrected chi connectivity index (χ4v) is 5.00. The summed E-state index contributed by atoms with van der Waals surface area (Å²) in [5.74, 6) is -0.549. The molecule has 0 aromatic heterocycles. The molecule has 1 heterocycles. The maximum atomic E-state index is 12.6. The van der Waals surface area contributed by atoms with Crippen LogP contribution in [0.5, 0.6) is 0 Å². The number of ether oxygens (including phenoxy) is 1. The lowest BCUT2D eigenvalue weighted by Crippen LogP contribution is -2.45. The second-order valence-electron chi connectivity index (χ2n) is 8.79. The molecule has 5 atom stereocenters. The first-order chi connectivity index (χ1) is 16.2. The number of nitriles is 1.